The number of halogens is 1. The third-order valence-corrected chi connectivity index (χ3v) is 3.21. The minimum Gasteiger partial charge on any atom is -0.355 e. The lowest BCUT2D eigenvalue weighted by Crippen LogP contribution is -2.11. The average molecular weight is 299 g/mol. The minimum atomic E-state index is -0.280. The molecule has 1 N–H and O–H groups in total. The Bertz CT molecular complexity index is 751. The second kappa shape index (κ2) is 5.81. The predicted octanol–water partition coefficient (Wildman–Crippen LogP) is 4.25. The molecule has 1 aromatic heterocycles. The molecule has 0 spiro atoms. The fraction of sp³-hybridized carbons (Fsp3) is 0. The van der Waals surface area contributed by atoms with Gasteiger partial charge in [-0.2, -0.15) is 0 Å². The molecule has 0 atom stereocenters. The first-order valence-corrected chi connectivity index (χ1v) is 6.69. The maximum absolute atomic E-state index is 12.3. The van der Waals surface area contributed by atoms with Crippen molar-refractivity contribution in [1.82, 2.24) is 5.16 Å². The van der Waals surface area contributed by atoms with Gasteiger partial charge in [-0.3, -0.25) is 4.79 Å². The van der Waals surface area contributed by atoms with E-state index in [2.05, 4.69) is 10.5 Å². The molecule has 1 heterocycles. The number of benzene rings is 2. The van der Waals surface area contributed by atoms with E-state index in [0.29, 0.717) is 22.0 Å². The summed E-state index contributed by atoms with van der Waals surface area (Å²) in [6.07, 6.45) is 1.41. The zero-order chi connectivity index (χ0) is 14.7. The fourth-order valence-corrected chi connectivity index (χ4v) is 2.06. The van der Waals surface area contributed by atoms with Crippen LogP contribution >= 0.6 is 11.6 Å². The van der Waals surface area contributed by atoms with E-state index >= 15 is 0 Å². The molecule has 21 heavy (non-hydrogen) atoms. The number of nitrogens with one attached hydrogen (secondary N) is 1. The number of aromatic nitrogens is 1. The number of anilines is 1. The van der Waals surface area contributed by atoms with Gasteiger partial charge in [0.25, 0.3) is 5.91 Å². The lowest BCUT2D eigenvalue weighted by Gasteiger charge is -2.04. The molecule has 0 aliphatic carbocycles. The zero-order valence-corrected chi connectivity index (χ0v) is 11.7. The topological polar surface area (TPSA) is 55.1 Å². The van der Waals surface area contributed by atoms with E-state index < -0.39 is 0 Å². The molecule has 0 aliphatic heterocycles. The highest BCUT2D eigenvalue weighted by molar-refractivity contribution is 6.30. The van der Waals surface area contributed by atoms with Crippen LogP contribution in [0.3, 0.4) is 0 Å². The van der Waals surface area contributed by atoms with Gasteiger partial charge >= 0.3 is 0 Å². The largest absolute Gasteiger partial charge is 0.355 e. The molecule has 5 heteroatoms. The molecule has 0 saturated heterocycles. The van der Waals surface area contributed by atoms with Crippen LogP contribution in [-0.4, -0.2) is 11.1 Å². The van der Waals surface area contributed by atoms with Crippen molar-refractivity contribution in [1.29, 1.82) is 0 Å². The molecule has 0 saturated carbocycles. The van der Waals surface area contributed by atoms with Gasteiger partial charge in [-0.05, 0) is 24.3 Å². The lowest BCUT2D eigenvalue weighted by atomic mass is 10.1. The predicted molar refractivity (Wildman–Crippen MR) is 81.3 cm³/mol. The Balaban J connectivity index is 1.86. The van der Waals surface area contributed by atoms with Gasteiger partial charge in [0, 0.05) is 16.3 Å². The Morgan fingerprint density at radius 1 is 1.05 bits per heavy atom. The Morgan fingerprint density at radius 2 is 1.76 bits per heavy atom. The van der Waals surface area contributed by atoms with Crippen LogP contribution in [0, 0.1) is 0 Å². The summed E-state index contributed by atoms with van der Waals surface area (Å²) in [4.78, 5) is 12.3. The van der Waals surface area contributed by atoms with Crippen molar-refractivity contribution >= 4 is 23.2 Å². The van der Waals surface area contributed by atoms with Crippen molar-refractivity contribution < 1.29 is 9.32 Å². The number of hydrogen-bond donors (Lipinski definition) is 1. The summed E-state index contributed by atoms with van der Waals surface area (Å²) in [7, 11) is 0. The summed E-state index contributed by atoms with van der Waals surface area (Å²) in [6.45, 7) is 0. The highest BCUT2D eigenvalue weighted by atomic mass is 35.5. The van der Waals surface area contributed by atoms with Crippen molar-refractivity contribution in [3.63, 3.8) is 0 Å². The van der Waals surface area contributed by atoms with Crippen molar-refractivity contribution in [3.8, 4) is 11.3 Å². The number of amides is 1. The first kappa shape index (κ1) is 13.4. The van der Waals surface area contributed by atoms with Gasteiger partial charge in [-0.1, -0.05) is 47.1 Å². The number of carbonyl (C=O) groups is 1. The molecule has 0 bridgehead atoms. The van der Waals surface area contributed by atoms with Crippen molar-refractivity contribution in [3.05, 3.63) is 71.4 Å². The van der Waals surface area contributed by atoms with Crippen LogP contribution < -0.4 is 5.32 Å². The van der Waals surface area contributed by atoms with Crippen LogP contribution in [0.5, 0.6) is 0 Å². The van der Waals surface area contributed by atoms with Crippen LogP contribution in [-0.2, 0) is 0 Å². The van der Waals surface area contributed by atoms with E-state index in [-0.39, 0.29) is 5.91 Å². The smallest absolute Gasteiger partial charge is 0.261 e. The van der Waals surface area contributed by atoms with E-state index in [9.17, 15) is 4.79 Å². The minimum absolute atomic E-state index is 0.280. The molecular weight excluding hydrogens is 288 g/mol. The molecule has 4 nitrogen and oxygen atoms in total. The molecule has 0 aliphatic rings. The standard InChI is InChI=1S/C16H11ClN2O2/c17-12-6-8-13(9-7-12)19-16(20)14-10-18-21-15(14)11-4-2-1-3-5-11/h1-10H,(H,19,20). The molecule has 3 rings (SSSR count). The number of nitrogens with zero attached hydrogens (tertiary/aromatic N) is 1. The van der Waals surface area contributed by atoms with Gasteiger partial charge in [-0.25, -0.2) is 0 Å². The van der Waals surface area contributed by atoms with E-state index in [4.69, 9.17) is 16.1 Å². The fourth-order valence-electron chi connectivity index (χ4n) is 1.93. The third kappa shape index (κ3) is 2.95. The summed E-state index contributed by atoms with van der Waals surface area (Å²) in [6, 6.07) is 16.3. The molecule has 0 unspecified atom stereocenters. The second-order valence-electron chi connectivity index (χ2n) is 4.40. The average Bonchev–Trinajstić information content (AvgIpc) is 3.00. The number of carbonyl (C=O) groups excluding carboxylic acids is 1. The second-order valence-corrected chi connectivity index (χ2v) is 4.83. The molecule has 0 fully saturated rings. The highest BCUT2D eigenvalue weighted by Crippen LogP contribution is 2.24. The molecule has 1 amide bonds. The van der Waals surface area contributed by atoms with Gasteiger partial charge in [0.05, 0.1) is 6.20 Å². The van der Waals surface area contributed by atoms with E-state index in [0.717, 1.165) is 5.56 Å². The Labute approximate surface area is 126 Å². The SMILES string of the molecule is O=C(Nc1ccc(Cl)cc1)c1cnoc1-c1ccccc1. The third-order valence-electron chi connectivity index (χ3n) is 2.95. The lowest BCUT2D eigenvalue weighted by molar-refractivity contribution is 0.102. The van der Waals surface area contributed by atoms with E-state index in [1.807, 2.05) is 30.3 Å². The first-order chi connectivity index (χ1) is 10.2. The Kier molecular flexibility index (Phi) is 3.71. The Hall–Kier alpha value is -2.59. The first-order valence-electron chi connectivity index (χ1n) is 6.31. The van der Waals surface area contributed by atoms with Crippen LogP contribution in [0.15, 0.2) is 65.3 Å². The summed E-state index contributed by atoms with van der Waals surface area (Å²) >= 11 is 5.82. The molecule has 3 aromatic rings. The van der Waals surface area contributed by atoms with Crippen molar-refractivity contribution in [2.45, 2.75) is 0 Å². The molecule has 0 radical (unpaired) electrons. The molecule has 2 aromatic carbocycles. The monoisotopic (exact) mass is 298 g/mol. The summed E-state index contributed by atoms with van der Waals surface area (Å²) in [5, 5.41) is 7.12. The van der Waals surface area contributed by atoms with Crippen LogP contribution in [0.25, 0.3) is 11.3 Å². The maximum atomic E-state index is 12.3. The van der Waals surface area contributed by atoms with Crippen molar-refractivity contribution in [2.75, 3.05) is 5.32 Å². The highest BCUT2D eigenvalue weighted by Gasteiger charge is 2.17. The summed E-state index contributed by atoms with van der Waals surface area (Å²) in [5.41, 5.74) is 1.84. The summed E-state index contributed by atoms with van der Waals surface area (Å²) in [5.74, 6) is 0.166. The molecular formula is C16H11ClN2O2. The normalized spacial score (nSPS) is 10.3. The van der Waals surface area contributed by atoms with Gasteiger partial charge in [0.15, 0.2) is 5.76 Å². The van der Waals surface area contributed by atoms with Gasteiger partial charge in [0.2, 0.25) is 0 Å². The Morgan fingerprint density at radius 3 is 2.48 bits per heavy atom. The summed E-state index contributed by atoms with van der Waals surface area (Å²) < 4.78 is 5.20. The van der Waals surface area contributed by atoms with Gasteiger partial charge < -0.3 is 9.84 Å². The number of hydrogen-bond acceptors (Lipinski definition) is 3. The maximum Gasteiger partial charge on any atom is 0.261 e. The van der Waals surface area contributed by atoms with E-state index in [1.165, 1.54) is 6.20 Å². The molecule has 104 valence electrons. The van der Waals surface area contributed by atoms with Gasteiger partial charge in [0.1, 0.15) is 5.56 Å². The van der Waals surface area contributed by atoms with Crippen molar-refractivity contribution in [2.24, 2.45) is 0 Å². The van der Waals surface area contributed by atoms with Crippen LogP contribution in [0.2, 0.25) is 5.02 Å². The number of rotatable bonds is 3. The van der Waals surface area contributed by atoms with E-state index in [1.54, 1.807) is 24.3 Å². The van der Waals surface area contributed by atoms with Gasteiger partial charge in [-0.15, -0.1) is 0 Å². The zero-order valence-electron chi connectivity index (χ0n) is 10.9. The quantitative estimate of drug-likeness (QED) is 0.786. The van der Waals surface area contributed by atoms with Crippen LogP contribution in [0.4, 0.5) is 5.69 Å². The van der Waals surface area contributed by atoms with Crippen LogP contribution in [0.1, 0.15) is 10.4 Å².